The van der Waals surface area contributed by atoms with Gasteiger partial charge < -0.3 is 20.5 Å². The van der Waals surface area contributed by atoms with Crippen molar-refractivity contribution >= 4 is 0 Å². The maximum absolute atomic E-state index is 9.88. The standard InChI is InChI=1S/C13H28N2O2/c1-3-9-17-12-5-4-7-15(10-12)8-6-13(2,16)11-14/h12,16H,3-11,14H2,1-2H3. The lowest BCUT2D eigenvalue weighted by Gasteiger charge is -2.34. The quantitative estimate of drug-likeness (QED) is 0.701. The van der Waals surface area contributed by atoms with Crippen LogP contribution in [-0.4, -0.2) is 54.5 Å². The Balaban J connectivity index is 2.24. The van der Waals surface area contributed by atoms with Crippen LogP contribution in [0.4, 0.5) is 0 Å². The Kier molecular flexibility index (Phi) is 6.41. The van der Waals surface area contributed by atoms with E-state index >= 15 is 0 Å². The molecule has 0 aromatic heterocycles. The van der Waals surface area contributed by atoms with Gasteiger partial charge in [-0.25, -0.2) is 0 Å². The van der Waals surface area contributed by atoms with Crippen LogP contribution in [-0.2, 0) is 4.74 Å². The number of nitrogens with zero attached hydrogens (tertiary/aromatic N) is 1. The molecule has 1 rings (SSSR count). The molecule has 2 atom stereocenters. The van der Waals surface area contributed by atoms with Crippen molar-refractivity contribution in [3.63, 3.8) is 0 Å². The molecule has 0 spiro atoms. The van der Waals surface area contributed by atoms with Crippen LogP contribution in [0.1, 0.15) is 39.5 Å². The van der Waals surface area contributed by atoms with Gasteiger partial charge in [0.25, 0.3) is 0 Å². The van der Waals surface area contributed by atoms with E-state index in [2.05, 4.69) is 11.8 Å². The molecule has 102 valence electrons. The zero-order valence-corrected chi connectivity index (χ0v) is 11.3. The predicted molar refractivity (Wildman–Crippen MR) is 70.0 cm³/mol. The molecule has 0 radical (unpaired) electrons. The summed E-state index contributed by atoms with van der Waals surface area (Å²) in [6.07, 6.45) is 4.57. The molecule has 0 aliphatic carbocycles. The molecule has 2 unspecified atom stereocenters. The topological polar surface area (TPSA) is 58.7 Å². The minimum Gasteiger partial charge on any atom is -0.389 e. The molecule has 0 aromatic carbocycles. The maximum Gasteiger partial charge on any atom is 0.0753 e. The van der Waals surface area contributed by atoms with E-state index in [0.29, 0.717) is 12.6 Å². The number of ether oxygens (including phenoxy) is 1. The molecular formula is C13H28N2O2. The van der Waals surface area contributed by atoms with E-state index < -0.39 is 5.60 Å². The van der Waals surface area contributed by atoms with Gasteiger partial charge in [0.05, 0.1) is 11.7 Å². The normalized spacial score (nSPS) is 25.8. The predicted octanol–water partition coefficient (Wildman–Crippen LogP) is 0.977. The van der Waals surface area contributed by atoms with Gasteiger partial charge in [0, 0.05) is 26.2 Å². The minimum atomic E-state index is -0.725. The van der Waals surface area contributed by atoms with Crippen molar-refractivity contribution < 1.29 is 9.84 Å². The van der Waals surface area contributed by atoms with Gasteiger partial charge in [0.15, 0.2) is 0 Å². The van der Waals surface area contributed by atoms with Crippen LogP contribution < -0.4 is 5.73 Å². The van der Waals surface area contributed by atoms with Crippen molar-refractivity contribution in [3.05, 3.63) is 0 Å². The molecule has 0 saturated carbocycles. The summed E-state index contributed by atoms with van der Waals surface area (Å²) in [4.78, 5) is 2.38. The Morgan fingerprint density at radius 1 is 1.53 bits per heavy atom. The lowest BCUT2D eigenvalue weighted by atomic mass is 10.0. The van der Waals surface area contributed by atoms with Gasteiger partial charge in [-0.2, -0.15) is 0 Å². The molecule has 4 nitrogen and oxygen atoms in total. The van der Waals surface area contributed by atoms with Crippen molar-refractivity contribution in [1.82, 2.24) is 4.90 Å². The Bertz CT molecular complexity index is 210. The molecule has 1 saturated heterocycles. The molecular weight excluding hydrogens is 216 g/mol. The van der Waals surface area contributed by atoms with Gasteiger partial charge in [-0.05, 0) is 39.2 Å². The molecule has 0 aromatic rings. The minimum absolute atomic E-state index is 0.330. The highest BCUT2D eigenvalue weighted by molar-refractivity contribution is 4.78. The van der Waals surface area contributed by atoms with E-state index in [1.807, 2.05) is 6.92 Å². The van der Waals surface area contributed by atoms with Crippen molar-refractivity contribution in [1.29, 1.82) is 0 Å². The lowest BCUT2D eigenvalue weighted by molar-refractivity contribution is -0.0108. The molecule has 4 heteroatoms. The van der Waals surface area contributed by atoms with E-state index in [4.69, 9.17) is 10.5 Å². The van der Waals surface area contributed by atoms with Crippen molar-refractivity contribution in [2.45, 2.75) is 51.2 Å². The number of hydrogen-bond acceptors (Lipinski definition) is 4. The van der Waals surface area contributed by atoms with Crippen LogP contribution in [0.25, 0.3) is 0 Å². The van der Waals surface area contributed by atoms with Gasteiger partial charge in [-0.3, -0.25) is 0 Å². The molecule has 1 aliphatic rings. The fourth-order valence-electron chi connectivity index (χ4n) is 2.14. The Hall–Kier alpha value is -0.160. The first-order valence-electron chi connectivity index (χ1n) is 6.84. The third-order valence-electron chi connectivity index (χ3n) is 3.43. The largest absolute Gasteiger partial charge is 0.389 e. The average molecular weight is 244 g/mol. The first-order valence-corrected chi connectivity index (χ1v) is 6.84. The number of nitrogens with two attached hydrogens (primary N) is 1. The van der Waals surface area contributed by atoms with Crippen molar-refractivity contribution in [2.24, 2.45) is 5.73 Å². The number of piperidine rings is 1. The highest BCUT2D eigenvalue weighted by atomic mass is 16.5. The number of hydrogen-bond donors (Lipinski definition) is 2. The zero-order valence-electron chi connectivity index (χ0n) is 11.3. The Morgan fingerprint density at radius 3 is 2.94 bits per heavy atom. The second kappa shape index (κ2) is 7.31. The summed E-state index contributed by atoms with van der Waals surface area (Å²) >= 11 is 0. The smallest absolute Gasteiger partial charge is 0.0753 e. The van der Waals surface area contributed by atoms with E-state index in [1.54, 1.807) is 0 Å². The van der Waals surface area contributed by atoms with Crippen LogP contribution in [0, 0.1) is 0 Å². The highest BCUT2D eigenvalue weighted by Crippen LogP contribution is 2.16. The van der Waals surface area contributed by atoms with Crippen LogP contribution >= 0.6 is 0 Å². The fourth-order valence-corrected chi connectivity index (χ4v) is 2.14. The van der Waals surface area contributed by atoms with Crippen LogP contribution in [0.5, 0.6) is 0 Å². The third kappa shape index (κ3) is 5.82. The lowest BCUT2D eigenvalue weighted by Crippen LogP contribution is -2.44. The summed E-state index contributed by atoms with van der Waals surface area (Å²) in [6, 6.07) is 0. The van der Waals surface area contributed by atoms with Gasteiger partial charge in [0.2, 0.25) is 0 Å². The summed E-state index contributed by atoms with van der Waals surface area (Å²) < 4.78 is 5.79. The molecule has 1 fully saturated rings. The van der Waals surface area contributed by atoms with Gasteiger partial charge in [0.1, 0.15) is 0 Å². The summed E-state index contributed by atoms with van der Waals surface area (Å²) in [7, 11) is 0. The Morgan fingerprint density at radius 2 is 2.29 bits per heavy atom. The fraction of sp³-hybridized carbons (Fsp3) is 1.00. The van der Waals surface area contributed by atoms with Gasteiger partial charge in [-0.15, -0.1) is 0 Å². The summed E-state index contributed by atoms with van der Waals surface area (Å²) in [5, 5.41) is 9.88. The van der Waals surface area contributed by atoms with Crippen molar-refractivity contribution in [2.75, 3.05) is 32.8 Å². The first kappa shape index (κ1) is 14.9. The second-order valence-corrected chi connectivity index (χ2v) is 5.39. The first-order chi connectivity index (χ1) is 8.07. The molecule has 1 aliphatic heterocycles. The van der Waals surface area contributed by atoms with Crippen molar-refractivity contribution in [3.8, 4) is 0 Å². The average Bonchev–Trinajstić information content (AvgIpc) is 2.35. The SMILES string of the molecule is CCCOC1CCCN(CCC(C)(O)CN)C1. The summed E-state index contributed by atoms with van der Waals surface area (Å²) in [5.41, 5.74) is 4.80. The highest BCUT2D eigenvalue weighted by Gasteiger charge is 2.23. The number of likely N-dealkylation sites (tertiary alicyclic amines) is 1. The maximum atomic E-state index is 9.88. The van der Waals surface area contributed by atoms with Gasteiger partial charge in [-0.1, -0.05) is 6.92 Å². The Labute approximate surface area is 105 Å². The number of rotatable bonds is 7. The van der Waals surface area contributed by atoms with Crippen LogP contribution in [0.3, 0.4) is 0 Å². The van der Waals surface area contributed by atoms with Gasteiger partial charge >= 0.3 is 0 Å². The molecule has 0 bridgehead atoms. The zero-order chi connectivity index (χ0) is 12.7. The molecule has 3 N–H and O–H groups in total. The van der Waals surface area contributed by atoms with E-state index in [9.17, 15) is 5.11 Å². The van der Waals surface area contributed by atoms with Crippen LogP contribution in [0.2, 0.25) is 0 Å². The molecule has 0 amide bonds. The van der Waals surface area contributed by atoms with E-state index in [1.165, 1.54) is 12.8 Å². The number of aliphatic hydroxyl groups is 1. The summed E-state index contributed by atoms with van der Waals surface area (Å²) in [6.45, 7) is 8.17. The van der Waals surface area contributed by atoms with E-state index in [0.717, 1.165) is 39.1 Å². The van der Waals surface area contributed by atoms with Crippen LogP contribution in [0.15, 0.2) is 0 Å². The molecule has 17 heavy (non-hydrogen) atoms. The van der Waals surface area contributed by atoms with E-state index in [-0.39, 0.29) is 0 Å². The second-order valence-electron chi connectivity index (χ2n) is 5.39. The third-order valence-corrected chi connectivity index (χ3v) is 3.43. The monoisotopic (exact) mass is 244 g/mol. The molecule has 1 heterocycles. The summed E-state index contributed by atoms with van der Waals surface area (Å²) in [5.74, 6) is 0.